The third-order valence-electron chi connectivity index (χ3n) is 1.98. The van der Waals surface area contributed by atoms with Crippen LogP contribution in [0.5, 0.6) is 0 Å². The maximum atomic E-state index is 11.6. The molecule has 0 saturated heterocycles. The van der Waals surface area contributed by atoms with E-state index in [1.807, 2.05) is 6.92 Å². The molecule has 0 aliphatic heterocycles. The van der Waals surface area contributed by atoms with Gasteiger partial charge in [0.2, 0.25) is 0 Å². The van der Waals surface area contributed by atoms with E-state index < -0.39 is 12.0 Å². The SMILES string of the molecule is Cc1ccc(C(=O)NOC(C)CO)c(Cl)c1. The number of hydroxylamine groups is 1. The molecule has 4 nitrogen and oxygen atoms in total. The molecule has 0 spiro atoms. The lowest BCUT2D eigenvalue weighted by atomic mass is 10.1. The van der Waals surface area contributed by atoms with Crippen LogP contribution < -0.4 is 5.48 Å². The summed E-state index contributed by atoms with van der Waals surface area (Å²) in [7, 11) is 0. The summed E-state index contributed by atoms with van der Waals surface area (Å²) in [6.07, 6.45) is -0.451. The van der Waals surface area contributed by atoms with Gasteiger partial charge in [-0.25, -0.2) is 5.48 Å². The zero-order chi connectivity index (χ0) is 12.1. The molecule has 1 aromatic carbocycles. The molecule has 0 aromatic heterocycles. The van der Waals surface area contributed by atoms with Crippen molar-refractivity contribution in [2.24, 2.45) is 0 Å². The monoisotopic (exact) mass is 243 g/mol. The molecule has 1 atom stereocenters. The summed E-state index contributed by atoms with van der Waals surface area (Å²) < 4.78 is 0. The summed E-state index contributed by atoms with van der Waals surface area (Å²) >= 11 is 5.91. The number of halogens is 1. The summed E-state index contributed by atoms with van der Waals surface area (Å²) in [6.45, 7) is 3.36. The second kappa shape index (κ2) is 5.84. The first-order valence-electron chi connectivity index (χ1n) is 4.87. The van der Waals surface area contributed by atoms with Crippen molar-refractivity contribution in [1.82, 2.24) is 5.48 Å². The molecule has 88 valence electrons. The van der Waals surface area contributed by atoms with Crippen molar-refractivity contribution in [3.05, 3.63) is 34.3 Å². The molecule has 0 heterocycles. The molecule has 5 heteroatoms. The molecular weight excluding hydrogens is 230 g/mol. The lowest BCUT2D eigenvalue weighted by molar-refractivity contribution is -0.0304. The molecule has 1 aromatic rings. The van der Waals surface area contributed by atoms with Crippen LogP contribution in [-0.4, -0.2) is 23.7 Å². The number of nitrogens with one attached hydrogen (secondary N) is 1. The normalized spacial score (nSPS) is 12.2. The van der Waals surface area contributed by atoms with Gasteiger partial charge >= 0.3 is 0 Å². The lowest BCUT2D eigenvalue weighted by Crippen LogP contribution is -2.30. The van der Waals surface area contributed by atoms with Gasteiger partial charge in [-0.15, -0.1) is 0 Å². The average Bonchev–Trinajstić information content (AvgIpc) is 2.25. The standard InChI is InChI=1S/C11H14ClNO3/c1-7-3-4-9(10(12)5-7)11(15)13-16-8(2)6-14/h3-5,8,14H,6H2,1-2H3,(H,13,15). The Morgan fingerprint density at radius 1 is 1.62 bits per heavy atom. The van der Waals surface area contributed by atoms with Crippen molar-refractivity contribution in [2.45, 2.75) is 20.0 Å². The molecule has 0 fully saturated rings. The topological polar surface area (TPSA) is 58.6 Å². The first-order valence-corrected chi connectivity index (χ1v) is 5.25. The summed E-state index contributed by atoms with van der Waals surface area (Å²) in [5.41, 5.74) is 3.55. The van der Waals surface area contributed by atoms with Crippen LogP contribution in [0.4, 0.5) is 0 Å². The number of carbonyl (C=O) groups is 1. The number of rotatable bonds is 4. The molecule has 2 N–H and O–H groups in total. The Hall–Kier alpha value is -1.10. The highest BCUT2D eigenvalue weighted by Crippen LogP contribution is 2.17. The van der Waals surface area contributed by atoms with Crippen molar-refractivity contribution >= 4 is 17.5 Å². The second-order valence-corrected chi connectivity index (χ2v) is 3.93. The molecule has 16 heavy (non-hydrogen) atoms. The number of hydrogen-bond acceptors (Lipinski definition) is 3. The van der Waals surface area contributed by atoms with E-state index in [1.165, 1.54) is 0 Å². The molecular formula is C11H14ClNO3. The van der Waals surface area contributed by atoms with Gasteiger partial charge in [-0.2, -0.15) is 0 Å². The molecule has 0 aliphatic carbocycles. The van der Waals surface area contributed by atoms with E-state index in [-0.39, 0.29) is 6.61 Å². The zero-order valence-electron chi connectivity index (χ0n) is 9.16. The number of amides is 1. The fourth-order valence-corrected chi connectivity index (χ4v) is 1.37. The smallest absolute Gasteiger partial charge is 0.276 e. The van der Waals surface area contributed by atoms with Crippen LogP contribution in [0.1, 0.15) is 22.8 Å². The van der Waals surface area contributed by atoms with E-state index >= 15 is 0 Å². The van der Waals surface area contributed by atoms with E-state index in [0.717, 1.165) is 5.56 Å². The van der Waals surface area contributed by atoms with Crippen molar-refractivity contribution < 1.29 is 14.7 Å². The van der Waals surface area contributed by atoms with Crippen molar-refractivity contribution in [3.63, 3.8) is 0 Å². The average molecular weight is 244 g/mol. The minimum absolute atomic E-state index is 0.165. The quantitative estimate of drug-likeness (QED) is 0.792. The van der Waals surface area contributed by atoms with Gasteiger partial charge in [0, 0.05) is 0 Å². The van der Waals surface area contributed by atoms with Crippen LogP contribution in [0.25, 0.3) is 0 Å². The summed E-state index contributed by atoms with van der Waals surface area (Å²) in [5.74, 6) is -0.426. The van der Waals surface area contributed by atoms with Gasteiger partial charge in [0.05, 0.1) is 17.2 Å². The van der Waals surface area contributed by atoms with Gasteiger partial charge < -0.3 is 5.11 Å². The van der Waals surface area contributed by atoms with Crippen LogP contribution in [0.15, 0.2) is 18.2 Å². The van der Waals surface area contributed by atoms with Gasteiger partial charge in [0.25, 0.3) is 5.91 Å². The summed E-state index contributed by atoms with van der Waals surface area (Å²) in [5, 5.41) is 9.08. The largest absolute Gasteiger partial charge is 0.394 e. The van der Waals surface area contributed by atoms with Crippen LogP contribution in [0, 0.1) is 6.92 Å². The predicted molar refractivity (Wildman–Crippen MR) is 61.3 cm³/mol. The Balaban J connectivity index is 2.66. The zero-order valence-corrected chi connectivity index (χ0v) is 9.91. The van der Waals surface area contributed by atoms with Crippen LogP contribution in [0.2, 0.25) is 5.02 Å². The first-order chi connectivity index (χ1) is 7.54. The maximum Gasteiger partial charge on any atom is 0.276 e. The fraction of sp³-hybridized carbons (Fsp3) is 0.364. The minimum atomic E-state index is -0.451. The second-order valence-electron chi connectivity index (χ2n) is 3.53. The van der Waals surface area contributed by atoms with E-state index in [2.05, 4.69) is 5.48 Å². The Morgan fingerprint density at radius 2 is 2.31 bits per heavy atom. The number of hydrogen-bond donors (Lipinski definition) is 2. The molecule has 0 radical (unpaired) electrons. The predicted octanol–water partition coefficient (Wildman–Crippen LogP) is 1.69. The number of aliphatic hydroxyl groups excluding tert-OH is 1. The highest BCUT2D eigenvalue weighted by molar-refractivity contribution is 6.33. The van der Waals surface area contributed by atoms with Gasteiger partial charge in [-0.1, -0.05) is 17.7 Å². The summed E-state index contributed by atoms with van der Waals surface area (Å²) in [4.78, 5) is 16.5. The van der Waals surface area contributed by atoms with Gasteiger partial charge in [-0.3, -0.25) is 9.63 Å². The molecule has 1 amide bonds. The number of aryl methyl sites for hydroxylation is 1. The Morgan fingerprint density at radius 3 is 2.88 bits per heavy atom. The van der Waals surface area contributed by atoms with Crippen molar-refractivity contribution in [3.8, 4) is 0 Å². The van der Waals surface area contributed by atoms with Crippen molar-refractivity contribution in [2.75, 3.05) is 6.61 Å². The first kappa shape index (κ1) is 13.0. The van der Waals surface area contributed by atoms with Crippen molar-refractivity contribution in [1.29, 1.82) is 0 Å². The number of carbonyl (C=O) groups excluding carboxylic acids is 1. The van der Waals surface area contributed by atoms with Gasteiger partial charge in [0.15, 0.2) is 0 Å². The molecule has 0 bridgehead atoms. The molecule has 1 unspecified atom stereocenters. The van der Waals surface area contributed by atoms with E-state index in [0.29, 0.717) is 10.6 Å². The van der Waals surface area contributed by atoms with Gasteiger partial charge in [-0.05, 0) is 31.5 Å². The van der Waals surface area contributed by atoms with Crippen LogP contribution in [0.3, 0.4) is 0 Å². The molecule has 0 aliphatic rings. The molecule has 0 saturated carbocycles. The van der Waals surface area contributed by atoms with E-state index in [4.69, 9.17) is 21.5 Å². The summed E-state index contributed by atoms with van der Waals surface area (Å²) in [6, 6.07) is 5.11. The van der Waals surface area contributed by atoms with Crippen LogP contribution in [-0.2, 0) is 4.84 Å². The fourth-order valence-electron chi connectivity index (χ4n) is 1.05. The highest BCUT2D eigenvalue weighted by Gasteiger charge is 2.11. The third kappa shape index (κ3) is 3.48. The lowest BCUT2D eigenvalue weighted by Gasteiger charge is -2.11. The Labute approximate surface area is 99.1 Å². The highest BCUT2D eigenvalue weighted by atomic mass is 35.5. The Bertz CT molecular complexity index is 381. The molecule has 1 rings (SSSR count). The van der Waals surface area contributed by atoms with Gasteiger partial charge in [0.1, 0.15) is 6.10 Å². The van der Waals surface area contributed by atoms with Crippen LogP contribution >= 0.6 is 11.6 Å². The third-order valence-corrected chi connectivity index (χ3v) is 2.29. The van der Waals surface area contributed by atoms with E-state index in [1.54, 1.807) is 25.1 Å². The number of benzene rings is 1. The van der Waals surface area contributed by atoms with E-state index in [9.17, 15) is 4.79 Å². The number of aliphatic hydroxyl groups is 1. The maximum absolute atomic E-state index is 11.6. The minimum Gasteiger partial charge on any atom is -0.394 e. The Kier molecular flexibility index (Phi) is 4.73.